The van der Waals surface area contributed by atoms with E-state index in [1.165, 1.54) is 25.3 Å². The minimum atomic E-state index is -0.896. The van der Waals surface area contributed by atoms with E-state index in [4.69, 9.17) is 16.3 Å². The first-order chi connectivity index (χ1) is 13.0. The molecule has 0 aliphatic carbocycles. The molecule has 0 spiro atoms. The summed E-state index contributed by atoms with van der Waals surface area (Å²) in [5, 5.41) is 3.74. The number of carbonyl (C=O) groups excluding carboxylic acids is 2. The van der Waals surface area contributed by atoms with E-state index < -0.39 is 23.7 Å². The average Bonchev–Trinajstić information content (AvgIpc) is 3.07. The highest BCUT2D eigenvalue weighted by Gasteiger charge is 2.24. The molecule has 0 aliphatic heterocycles. The lowest BCUT2D eigenvalue weighted by molar-refractivity contribution is -0.145. The Morgan fingerprint density at radius 3 is 2.74 bits per heavy atom. The lowest BCUT2D eigenvalue weighted by Gasteiger charge is -2.17. The minimum absolute atomic E-state index is 0.0902. The first-order valence-corrected chi connectivity index (χ1v) is 8.72. The Balaban J connectivity index is 1.77. The van der Waals surface area contributed by atoms with Gasteiger partial charge >= 0.3 is 5.97 Å². The van der Waals surface area contributed by atoms with E-state index in [0.29, 0.717) is 0 Å². The van der Waals surface area contributed by atoms with Crippen LogP contribution >= 0.6 is 11.6 Å². The predicted molar refractivity (Wildman–Crippen MR) is 101 cm³/mol. The van der Waals surface area contributed by atoms with Crippen LogP contribution in [0, 0.1) is 5.82 Å². The molecule has 2 N–H and O–H groups in total. The van der Waals surface area contributed by atoms with Crippen molar-refractivity contribution in [3.63, 3.8) is 0 Å². The number of para-hydroxylation sites is 1. The van der Waals surface area contributed by atoms with Crippen molar-refractivity contribution in [1.82, 2.24) is 10.3 Å². The maximum Gasteiger partial charge on any atom is 0.328 e. The number of nitrogens with one attached hydrogen (secondary N) is 2. The van der Waals surface area contributed by atoms with Crippen molar-refractivity contribution in [1.29, 1.82) is 0 Å². The Morgan fingerprint density at radius 1 is 1.22 bits per heavy atom. The molecule has 0 bridgehead atoms. The summed E-state index contributed by atoms with van der Waals surface area (Å²) in [4.78, 5) is 27.7. The Bertz CT molecular complexity index is 966. The van der Waals surface area contributed by atoms with Gasteiger partial charge in [0, 0.05) is 34.1 Å². The molecule has 1 atom stereocenters. The molecule has 27 heavy (non-hydrogen) atoms. The molecule has 5 nitrogen and oxygen atoms in total. The second-order valence-electron chi connectivity index (χ2n) is 6.08. The van der Waals surface area contributed by atoms with Gasteiger partial charge in [-0.1, -0.05) is 35.9 Å². The molecule has 1 aromatic heterocycles. The minimum Gasteiger partial charge on any atom is -0.467 e. The van der Waals surface area contributed by atoms with Gasteiger partial charge in [0.1, 0.15) is 11.9 Å². The second-order valence-corrected chi connectivity index (χ2v) is 6.49. The van der Waals surface area contributed by atoms with Gasteiger partial charge in [0.05, 0.1) is 13.5 Å². The molecule has 0 saturated heterocycles. The number of aromatic nitrogens is 1. The molecule has 1 heterocycles. The zero-order valence-corrected chi connectivity index (χ0v) is 15.3. The number of H-pyrrole nitrogens is 1. The van der Waals surface area contributed by atoms with Crippen molar-refractivity contribution >= 4 is 34.4 Å². The molecular weight excluding hydrogens is 371 g/mol. The largest absolute Gasteiger partial charge is 0.467 e. The van der Waals surface area contributed by atoms with E-state index in [2.05, 4.69) is 10.3 Å². The van der Waals surface area contributed by atoms with Gasteiger partial charge in [-0.3, -0.25) is 4.79 Å². The van der Waals surface area contributed by atoms with Crippen molar-refractivity contribution in [3.8, 4) is 0 Å². The monoisotopic (exact) mass is 388 g/mol. The number of carbonyl (C=O) groups is 2. The maximum atomic E-state index is 13.9. The van der Waals surface area contributed by atoms with Crippen LogP contribution in [0.5, 0.6) is 0 Å². The molecule has 3 aromatic rings. The highest BCUT2D eigenvalue weighted by atomic mass is 35.5. The first kappa shape index (κ1) is 18.9. The molecule has 0 saturated carbocycles. The number of benzene rings is 2. The fraction of sp³-hybridized carbons (Fsp3) is 0.200. The van der Waals surface area contributed by atoms with Gasteiger partial charge in [-0.25, -0.2) is 9.18 Å². The average molecular weight is 389 g/mol. The summed E-state index contributed by atoms with van der Waals surface area (Å²) in [5.74, 6) is -1.66. The van der Waals surface area contributed by atoms with Crippen LogP contribution in [-0.4, -0.2) is 30.0 Å². The summed E-state index contributed by atoms with van der Waals surface area (Å²) >= 11 is 5.96. The van der Waals surface area contributed by atoms with Crippen LogP contribution in [-0.2, 0) is 27.2 Å². The molecule has 0 unspecified atom stereocenters. The van der Waals surface area contributed by atoms with Crippen LogP contribution in [0.3, 0.4) is 0 Å². The van der Waals surface area contributed by atoms with Gasteiger partial charge in [0.2, 0.25) is 5.91 Å². The van der Waals surface area contributed by atoms with Crippen molar-refractivity contribution in [2.24, 2.45) is 0 Å². The van der Waals surface area contributed by atoms with Gasteiger partial charge in [-0.15, -0.1) is 0 Å². The number of hydrogen-bond donors (Lipinski definition) is 2. The number of amides is 1. The smallest absolute Gasteiger partial charge is 0.328 e. The number of methoxy groups -OCH3 is 1. The van der Waals surface area contributed by atoms with Gasteiger partial charge in [0.25, 0.3) is 0 Å². The molecule has 3 rings (SSSR count). The number of rotatable bonds is 6. The van der Waals surface area contributed by atoms with E-state index in [0.717, 1.165) is 16.5 Å². The number of fused-ring (bicyclic) bond motifs is 1. The lowest BCUT2D eigenvalue weighted by Crippen LogP contribution is -2.43. The summed E-state index contributed by atoms with van der Waals surface area (Å²) < 4.78 is 18.7. The van der Waals surface area contributed by atoms with Crippen LogP contribution in [0.25, 0.3) is 10.9 Å². The normalized spacial score (nSPS) is 12.0. The van der Waals surface area contributed by atoms with Crippen LogP contribution in [0.4, 0.5) is 4.39 Å². The number of aromatic amines is 1. The van der Waals surface area contributed by atoms with E-state index in [-0.39, 0.29) is 23.4 Å². The fourth-order valence-electron chi connectivity index (χ4n) is 2.96. The third-order valence-electron chi connectivity index (χ3n) is 4.32. The lowest BCUT2D eigenvalue weighted by atomic mass is 10.0. The molecule has 1 amide bonds. The van der Waals surface area contributed by atoms with Crippen molar-refractivity contribution in [2.45, 2.75) is 18.9 Å². The van der Waals surface area contributed by atoms with E-state index in [9.17, 15) is 14.0 Å². The fourth-order valence-corrected chi connectivity index (χ4v) is 3.19. The van der Waals surface area contributed by atoms with Crippen LogP contribution in [0.2, 0.25) is 5.02 Å². The summed E-state index contributed by atoms with van der Waals surface area (Å²) in [6.45, 7) is 0. The summed E-state index contributed by atoms with van der Waals surface area (Å²) in [5.41, 5.74) is 1.89. The van der Waals surface area contributed by atoms with E-state index in [1.807, 2.05) is 24.3 Å². The number of esters is 1. The van der Waals surface area contributed by atoms with Gasteiger partial charge in [-0.2, -0.15) is 0 Å². The quantitative estimate of drug-likeness (QED) is 0.636. The molecule has 0 aliphatic rings. The summed E-state index contributed by atoms with van der Waals surface area (Å²) in [7, 11) is 1.25. The predicted octanol–water partition coefficient (Wildman–Crippen LogP) is 3.40. The zero-order chi connectivity index (χ0) is 19.4. The highest BCUT2D eigenvalue weighted by Crippen LogP contribution is 2.21. The van der Waals surface area contributed by atoms with Crippen LogP contribution in [0.1, 0.15) is 11.1 Å². The molecular formula is C20H18ClFN2O3. The number of halogens is 2. The molecule has 0 radical (unpaired) electrons. The third-order valence-corrected chi connectivity index (χ3v) is 4.67. The number of hydrogen-bond acceptors (Lipinski definition) is 3. The highest BCUT2D eigenvalue weighted by molar-refractivity contribution is 6.31. The zero-order valence-electron chi connectivity index (χ0n) is 14.6. The third kappa shape index (κ3) is 4.28. The van der Waals surface area contributed by atoms with E-state index in [1.54, 1.807) is 6.20 Å². The second kappa shape index (κ2) is 8.22. The van der Waals surface area contributed by atoms with Gasteiger partial charge < -0.3 is 15.0 Å². The number of ether oxygens (including phenoxy) is 1. The van der Waals surface area contributed by atoms with Crippen molar-refractivity contribution in [3.05, 3.63) is 70.6 Å². The summed E-state index contributed by atoms with van der Waals surface area (Å²) in [6, 6.07) is 11.0. The first-order valence-electron chi connectivity index (χ1n) is 8.34. The Kier molecular flexibility index (Phi) is 5.76. The standard InChI is InChI=1S/C20H18ClFN2O3/c1-27-20(26)18(9-12-11-23-17-8-3-2-5-13(12)17)24-19(25)10-14-15(21)6-4-7-16(14)22/h2-8,11,18,23H,9-10H2,1H3,(H,24,25)/t18-/m1/s1. The SMILES string of the molecule is COC(=O)[C@@H](Cc1c[nH]c2ccccc12)NC(=O)Cc1c(F)cccc1Cl. The Morgan fingerprint density at radius 2 is 2.00 bits per heavy atom. The molecule has 0 fully saturated rings. The molecule has 2 aromatic carbocycles. The maximum absolute atomic E-state index is 13.9. The van der Waals surface area contributed by atoms with Crippen molar-refractivity contribution < 1.29 is 18.7 Å². The van der Waals surface area contributed by atoms with Crippen LogP contribution in [0.15, 0.2) is 48.7 Å². The van der Waals surface area contributed by atoms with Crippen LogP contribution < -0.4 is 5.32 Å². The topological polar surface area (TPSA) is 71.2 Å². The Labute approximate surface area is 160 Å². The summed E-state index contributed by atoms with van der Waals surface area (Å²) in [6.07, 6.45) is 1.76. The van der Waals surface area contributed by atoms with Gasteiger partial charge in [-0.05, 0) is 23.8 Å². The van der Waals surface area contributed by atoms with Crippen molar-refractivity contribution in [2.75, 3.05) is 7.11 Å². The van der Waals surface area contributed by atoms with E-state index >= 15 is 0 Å². The molecule has 7 heteroatoms. The van der Waals surface area contributed by atoms with Gasteiger partial charge in [0.15, 0.2) is 0 Å². The molecule has 140 valence electrons. The Hall–Kier alpha value is -2.86.